The van der Waals surface area contributed by atoms with Crippen molar-refractivity contribution in [2.24, 2.45) is 0 Å². The number of benzene rings is 1. The lowest BCUT2D eigenvalue weighted by atomic mass is 10.1. The van der Waals surface area contributed by atoms with E-state index in [0.717, 1.165) is 69.3 Å². The van der Waals surface area contributed by atoms with Gasteiger partial charge < -0.3 is 19.9 Å². The number of rotatable bonds is 5. The van der Waals surface area contributed by atoms with Gasteiger partial charge in [0.2, 0.25) is 5.95 Å². The average molecular weight is 396 g/mol. The van der Waals surface area contributed by atoms with E-state index in [9.17, 15) is 4.79 Å². The molecule has 1 aromatic heterocycles. The van der Waals surface area contributed by atoms with Crippen LogP contribution in [0.4, 0.5) is 17.3 Å². The Morgan fingerprint density at radius 2 is 1.69 bits per heavy atom. The minimum atomic E-state index is -0.200. The molecular formula is C22H29N5O2. The summed E-state index contributed by atoms with van der Waals surface area (Å²) in [6.07, 6.45) is 2.29. The molecule has 0 unspecified atom stereocenters. The van der Waals surface area contributed by atoms with Crippen LogP contribution in [-0.4, -0.2) is 55.3 Å². The molecule has 154 valence electrons. The smallest absolute Gasteiger partial charge is 0.274 e. The molecule has 0 saturated carbocycles. The first-order chi connectivity index (χ1) is 14.1. The number of nitrogens with one attached hydrogen (secondary N) is 1. The van der Waals surface area contributed by atoms with Gasteiger partial charge in [0.15, 0.2) is 0 Å². The number of carbonyl (C=O) groups excluding carboxylic acids is 1. The number of hydrogen-bond donors (Lipinski definition) is 1. The normalized spacial score (nSPS) is 17.1. The molecule has 29 heavy (non-hydrogen) atoms. The summed E-state index contributed by atoms with van der Waals surface area (Å²) in [5.74, 6) is 0.703. The summed E-state index contributed by atoms with van der Waals surface area (Å²) in [7, 11) is 0. The Labute approximate surface area is 172 Å². The van der Waals surface area contributed by atoms with E-state index in [1.54, 1.807) is 0 Å². The topological polar surface area (TPSA) is 70.6 Å². The first-order valence-electron chi connectivity index (χ1n) is 10.5. The van der Waals surface area contributed by atoms with Gasteiger partial charge in [0.1, 0.15) is 5.69 Å². The van der Waals surface area contributed by atoms with E-state index >= 15 is 0 Å². The van der Waals surface area contributed by atoms with Gasteiger partial charge in [0, 0.05) is 43.2 Å². The van der Waals surface area contributed by atoms with E-state index in [1.165, 1.54) is 0 Å². The summed E-state index contributed by atoms with van der Waals surface area (Å²) in [5.41, 5.74) is 3.23. The fourth-order valence-corrected chi connectivity index (χ4v) is 3.70. The Morgan fingerprint density at radius 3 is 2.34 bits per heavy atom. The van der Waals surface area contributed by atoms with Gasteiger partial charge >= 0.3 is 0 Å². The van der Waals surface area contributed by atoms with Gasteiger partial charge in [0.25, 0.3) is 5.91 Å². The highest BCUT2D eigenvalue weighted by atomic mass is 16.5. The van der Waals surface area contributed by atoms with E-state index in [2.05, 4.69) is 38.9 Å². The first-order valence-corrected chi connectivity index (χ1v) is 10.5. The molecule has 7 nitrogen and oxygen atoms in total. The average Bonchev–Trinajstić information content (AvgIpc) is 3.29. The summed E-state index contributed by atoms with van der Waals surface area (Å²) in [5, 5.41) is 2.98. The second-order valence-corrected chi connectivity index (χ2v) is 7.93. The van der Waals surface area contributed by atoms with Crippen LogP contribution in [0, 0.1) is 0 Å². The van der Waals surface area contributed by atoms with E-state index < -0.39 is 0 Å². The molecule has 2 saturated heterocycles. The van der Waals surface area contributed by atoms with E-state index in [0.29, 0.717) is 11.6 Å². The van der Waals surface area contributed by atoms with Crippen LogP contribution in [0.25, 0.3) is 0 Å². The van der Waals surface area contributed by atoms with Crippen molar-refractivity contribution >= 4 is 23.2 Å². The summed E-state index contributed by atoms with van der Waals surface area (Å²) in [4.78, 5) is 26.6. The lowest BCUT2D eigenvalue weighted by Gasteiger charge is -2.28. The van der Waals surface area contributed by atoms with Crippen molar-refractivity contribution < 1.29 is 9.53 Å². The maximum absolute atomic E-state index is 12.9. The monoisotopic (exact) mass is 395 g/mol. The summed E-state index contributed by atoms with van der Waals surface area (Å²) < 4.78 is 5.41. The van der Waals surface area contributed by atoms with Crippen molar-refractivity contribution in [3.63, 3.8) is 0 Å². The highest BCUT2D eigenvalue weighted by Gasteiger charge is 2.20. The number of nitrogens with zero attached hydrogens (tertiary/aromatic N) is 4. The predicted molar refractivity (Wildman–Crippen MR) is 115 cm³/mol. The van der Waals surface area contributed by atoms with E-state index in [4.69, 9.17) is 4.74 Å². The predicted octanol–water partition coefficient (Wildman–Crippen LogP) is 3.29. The standard InChI is InChI=1S/C22H29N5O2/c1-16(2)19-15-20(25-22(24-19)27-9-3-4-10-27)21(28)23-17-5-7-18(8-6-17)26-11-13-29-14-12-26/h5-8,15-16H,3-4,9-14H2,1-2H3,(H,23,28). The Bertz CT molecular complexity index is 841. The zero-order valence-corrected chi connectivity index (χ0v) is 17.2. The molecule has 1 amide bonds. The van der Waals surface area contributed by atoms with Crippen molar-refractivity contribution in [1.82, 2.24) is 9.97 Å². The van der Waals surface area contributed by atoms with Gasteiger partial charge in [-0.15, -0.1) is 0 Å². The first kappa shape index (κ1) is 19.6. The highest BCUT2D eigenvalue weighted by molar-refractivity contribution is 6.03. The molecule has 7 heteroatoms. The van der Waals surface area contributed by atoms with Gasteiger partial charge in [-0.1, -0.05) is 13.8 Å². The number of anilines is 3. The molecule has 1 N–H and O–H groups in total. The van der Waals surface area contributed by atoms with Gasteiger partial charge in [-0.25, -0.2) is 9.97 Å². The maximum Gasteiger partial charge on any atom is 0.274 e. The van der Waals surface area contributed by atoms with Crippen molar-refractivity contribution in [3.05, 3.63) is 41.7 Å². The second kappa shape index (κ2) is 8.78. The number of aromatic nitrogens is 2. The zero-order chi connectivity index (χ0) is 20.2. The van der Waals surface area contributed by atoms with Crippen molar-refractivity contribution in [1.29, 1.82) is 0 Å². The number of morpholine rings is 1. The molecule has 0 bridgehead atoms. The molecule has 0 aliphatic carbocycles. The fourth-order valence-electron chi connectivity index (χ4n) is 3.70. The van der Waals surface area contributed by atoms with Crippen LogP contribution >= 0.6 is 0 Å². The van der Waals surface area contributed by atoms with Gasteiger partial charge in [0.05, 0.1) is 13.2 Å². The zero-order valence-electron chi connectivity index (χ0n) is 17.2. The molecule has 2 fully saturated rings. The van der Waals surface area contributed by atoms with Crippen LogP contribution < -0.4 is 15.1 Å². The molecule has 4 rings (SSSR count). The van der Waals surface area contributed by atoms with Crippen LogP contribution in [0.3, 0.4) is 0 Å². The lowest BCUT2D eigenvalue weighted by molar-refractivity contribution is 0.102. The van der Waals surface area contributed by atoms with Crippen LogP contribution in [0.15, 0.2) is 30.3 Å². The van der Waals surface area contributed by atoms with E-state index in [1.807, 2.05) is 30.3 Å². The molecule has 2 aliphatic rings. The number of amides is 1. The van der Waals surface area contributed by atoms with Crippen LogP contribution in [0.2, 0.25) is 0 Å². The van der Waals surface area contributed by atoms with Crippen molar-refractivity contribution in [2.45, 2.75) is 32.6 Å². The van der Waals surface area contributed by atoms with Crippen molar-refractivity contribution in [3.8, 4) is 0 Å². The second-order valence-electron chi connectivity index (χ2n) is 7.93. The maximum atomic E-state index is 12.9. The van der Waals surface area contributed by atoms with E-state index in [-0.39, 0.29) is 11.8 Å². The number of hydrogen-bond acceptors (Lipinski definition) is 6. The summed E-state index contributed by atoms with van der Waals surface area (Å²) >= 11 is 0. The Morgan fingerprint density at radius 1 is 1.00 bits per heavy atom. The molecule has 0 atom stereocenters. The van der Waals surface area contributed by atoms with Crippen LogP contribution in [-0.2, 0) is 4.74 Å². The quantitative estimate of drug-likeness (QED) is 0.838. The Kier molecular flexibility index (Phi) is 5.94. The summed E-state index contributed by atoms with van der Waals surface area (Å²) in [6.45, 7) is 9.36. The molecular weight excluding hydrogens is 366 g/mol. The van der Waals surface area contributed by atoms with Crippen molar-refractivity contribution in [2.75, 3.05) is 54.5 Å². The molecule has 1 aromatic carbocycles. The minimum absolute atomic E-state index is 0.200. The highest BCUT2D eigenvalue weighted by Crippen LogP contribution is 2.22. The fraction of sp³-hybridized carbons (Fsp3) is 0.500. The third kappa shape index (κ3) is 4.67. The SMILES string of the molecule is CC(C)c1cc(C(=O)Nc2ccc(N3CCOCC3)cc2)nc(N2CCCC2)n1. The number of carbonyl (C=O) groups is 1. The largest absolute Gasteiger partial charge is 0.378 e. The Balaban J connectivity index is 1.50. The lowest BCUT2D eigenvalue weighted by Crippen LogP contribution is -2.36. The molecule has 2 aliphatic heterocycles. The van der Waals surface area contributed by atoms with Crippen LogP contribution in [0.5, 0.6) is 0 Å². The third-order valence-electron chi connectivity index (χ3n) is 5.45. The Hall–Kier alpha value is -2.67. The molecule has 0 radical (unpaired) electrons. The summed E-state index contributed by atoms with van der Waals surface area (Å²) in [6, 6.07) is 9.76. The van der Waals surface area contributed by atoms with Gasteiger partial charge in [-0.2, -0.15) is 0 Å². The molecule has 3 heterocycles. The molecule has 0 spiro atoms. The van der Waals surface area contributed by atoms with Gasteiger partial charge in [-0.05, 0) is 49.1 Å². The number of ether oxygens (including phenoxy) is 1. The molecule has 2 aromatic rings. The van der Waals surface area contributed by atoms with Gasteiger partial charge in [-0.3, -0.25) is 4.79 Å². The third-order valence-corrected chi connectivity index (χ3v) is 5.45. The van der Waals surface area contributed by atoms with Crippen LogP contribution in [0.1, 0.15) is 48.8 Å². The minimum Gasteiger partial charge on any atom is -0.378 e.